The number of aliphatic hydroxyl groups excluding tert-OH is 1. The van der Waals surface area contributed by atoms with Crippen molar-refractivity contribution in [2.24, 2.45) is 0 Å². The maximum atomic E-state index is 14.0. The molecule has 0 aliphatic carbocycles. The second-order valence-corrected chi connectivity index (χ2v) is 13.3. The lowest BCUT2D eigenvalue weighted by atomic mass is 9.89. The first-order chi connectivity index (χ1) is 19.6. The Bertz CT molecular complexity index is 1660. The first-order valence-corrected chi connectivity index (χ1v) is 15.3. The van der Waals surface area contributed by atoms with Crippen LogP contribution in [0.5, 0.6) is 0 Å². The zero-order valence-electron chi connectivity index (χ0n) is 23.5. The van der Waals surface area contributed by atoms with E-state index in [1.54, 1.807) is 30.6 Å². The van der Waals surface area contributed by atoms with Crippen LogP contribution in [0.2, 0.25) is 0 Å². The number of pyridine rings is 1. The molecule has 10 nitrogen and oxygen atoms in total. The highest BCUT2D eigenvalue weighted by Gasteiger charge is 2.43. The van der Waals surface area contributed by atoms with E-state index in [1.807, 2.05) is 45.0 Å². The van der Waals surface area contributed by atoms with Crippen molar-refractivity contribution in [3.05, 3.63) is 72.6 Å². The van der Waals surface area contributed by atoms with Gasteiger partial charge in [-0.15, -0.1) is 0 Å². The first-order valence-electron chi connectivity index (χ1n) is 13.9. The first kappa shape index (κ1) is 27.4. The molecular weight excluding hydrogens is 538 g/mol. The second-order valence-electron chi connectivity index (χ2n) is 11.5. The van der Waals surface area contributed by atoms with Gasteiger partial charge in [0.25, 0.3) is 10.0 Å². The molecule has 6 rings (SSSR count). The molecule has 1 fully saturated rings. The Morgan fingerprint density at radius 2 is 1.73 bits per heavy atom. The number of fused-ring (bicyclic) bond motifs is 2. The minimum absolute atomic E-state index is 0.162. The van der Waals surface area contributed by atoms with Crippen LogP contribution < -0.4 is 14.5 Å². The molecule has 0 amide bonds. The van der Waals surface area contributed by atoms with Gasteiger partial charge < -0.3 is 15.3 Å². The van der Waals surface area contributed by atoms with E-state index in [2.05, 4.69) is 37.2 Å². The largest absolute Gasteiger partial charge is 0.392 e. The summed E-state index contributed by atoms with van der Waals surface area (Å²) in [5.41, 5.74) is 2.71. The summed E-state index contributed by atoms with van der Waals surface area (Å²) < 4.78 is 29.4. The summed E-state index contributed by atoms with van der Waals surface area (Å²) in [6.45, 7) is 10.4. The molecule has 1 saturated heterocycles. The molecule has 2 aromatic heterocycles. The van der Waals surface area contributed by atoms with Crippen LogP contribution in [-0.4, -0.2) is 78.7 Å². The van der Waals surface area contributed by atoms with Gasteiger partial charge in [0.15, 0.2) is 5.82 Å². The Morgan fingerprint density at radius 3 is 2.46 bits per heavy atom. The Morgan fingerprint density at radius 1 is 1.00 bits per heavy atom. The van der Waals surface area contributed by atoms with Crippen LogP contribution in [0.1, 0.15) is 26.3 Å². The van der Waals surface area contributed by atoms with Gasteiger partial charge in [-0.05, 0) is 43.3 Å². The molecule has 0 radical (unpaired) electrons. The van der Waals surface area contributed by atoms with Gasteiger partial charge in [0, 0.05) is 79.4 Å². The fraction of sp³-hybridized carbons (Fsp3) is 0.367. The molecule has 0 unspecified atom stereocenters. The molecule has 4 aromatic rings. The van der Waals surface area contributed by atoms with Crippen LogP contribution in [0.4, 0.5) is 23.1 Å². The van der Waals surface area contributed by atoms with Gasteiger partial charge in [0.2, 0.25) is 5.95 Å². The van der Waals surface area contributed by atoms with E-state index >= 15 is 0 Å². The van der Waals surface area contributed by atoms with E-state index in [-0.39, 0.29) is 17.5 Å². The normalized spacial score (nSPS) is 18.0. The predicted octanol–water partition coefficient (Wildman–Crippen LogP) is 3.76. The van der Waals surface area contributed by atoms with E-state index in [4.69, 9.17) is 4.98 Å². The number of aliphatic hydroxyl groups is 1. The minimum atomic E-state index is -3.94. The highest BCUT2D eigenvalue weighted by atomic mass is 32.2. The van der Waals surface area contributed by atoms with Crippen LogP contribution >= 0.6 is 0 Å². The summed E-state index contributed by atoms with van der Waals surface area (Å²) in [6.07, 6.45) is 3.01. The van der Waals surface area contributed by atoms with E-state index in [9.17, 15) is 13.5 Å². The molecule has 1 atom stereocenters. The number of β-amino-alcohol motifs (C(OH)–C–C–N with tert-alkyl or cyclic N) is 1. The fourth-order valence-corrected chi connectivity index (χ4v) is 7.43. The summed E-state index contributed by atoms with van der Waals surface area (Å²) in [5.74, 6) is 0.712. The molecule has 214 valence electrons. The average molecular weight is 574 g/mol. The molecule has 2 aliphatic rings. The van der Waals surface area contributed by atoms with Crippen LogP contribution in [0.3, 0.4) is 0 Å². The number of hydrogen-bond donors (Lipinski definition) is 2. The summed E-state index contributed by atoms with van der Waals surface area (Å²) in [7, 11) is -3.94. The molecule has 0 spiro atoms. The third kappa shape index (κ3) is 5.32. The zero-order valence-corrected chi connectivity index (χ0v) is 24.3. The third-order valence-electron chi connectivity index (χ3n) is 7.82. The number of benzene rings is 2. The smallest absolute Gasteiger partial charge is 0.267 e. The molecule has 2 aliphatic heterocycles. The summed E-state index contributed by atoms with van der Waals surface area (Å²) >= 11 is 0. The second kappa shape index (κ2) is 10.6. The molecule has 11 heteroatoms. The Hall–Kier alpha value is -3.80. The lowest BCUT2D eigenvalue weighted by molar-refractivity contribution is 0.123. The van der Waals surface area contributed by atoms with Crippen molar-refractivity contribution >= 4 is 44.1 Å². The molecule has 4 heterocycles. The minimum Gasteiger partial charge on any atom is -0.392 e. The molecular formula is C30H35N7O3S. The number of sulfonamides is 1. The van der Waals surface area contributed by atoms with Gasteiger partial charge in [0.1, 0.15) is 4.90 Å². The van der Waals surface area contributed by atoms with E-state index in [1.165, 1.54) is 4.31 Å². The van der Waals surface area contributed by atoms with Gasteiger partial charge >= 0.3 is 0 Å². The van der Waals surface area contributed by atoms with Crippen LogP contribution in [-0.2, 0) is 15.4 Å². The Kier molecular flexibility index (Phi) is 7.04. The summed E-state index contributed by atoms with van der Waals surface area (Å²) in [5, 5.41) is 13.7. The summed E-state index contributed by atoms with van der Waals surface area (Å²) in [6, 6.07) is 16.9. The van der Waals surface area contributed by atoms with Gasteiger partial charge in [0.05, 0.1) is 11.6 Å². The number of anilines is 4. The van der Waals surface area contributed by atoms with Crippen LogP contribution in [0.15, 0.2) is 71.9 Å². The summed E-state index contributed by atoms with van der Waals surface area (Å²) in [4.78, 5) is 18.4. The predicted molar refractivity (Wildman–Crippen MR) is 161 cm³/mol. The van der Waals surface area contributed by atoms with Gasteiger partial charge in [-0.2, -0.15) is 4.98 Å². The SMILES string of the molecule is C[C@H](O)CN1CCN(c2ccc(Nc3ncc4c(n3)N(S(=O)(=O)c3cccc5cccnc35)CC4(C)C)cc2)CC1. The third-order valence-corrected chi connectivity index (χ3v) is 9.59. The van der Waals surface area contributed by atoms with Crippen molar-refractivity contribution < 1.29 is 13.5 Å². The lowest BCUT2D eigenvalue weighted by Crippen LogP contribution is -2.48. The number of para-hydroxylation sites is 1. The molecule has 0 saturated carbocycles. The average Bonchev–Trinajstić information content (AvgIpc) is 3.24. The molecule has 2 aromatic carbocycles. The number of hydrogen-bond acceptors (Lipinski definition) is 9. The number of rotatable bonds is 7. The number of nitrogens with zero attached hydrogens (tertiary/aromatic N) is 6. The Balaban J connectivity index is 1.23. The van der Waals surface area contributed by atoms with Gasteiger partial charge in [-0.3, -0.25) is 9.88 Å². The number of nitrogens with one attached hydrogen (secondary N) is 1. The maximum Gasteiger partial charge on any atom is 0.267 e. The molecule has 0 bridgehead atoms. The van der Waals surface area contributed by atoms with E-state index in [0.717, 1.165) is 48.5 Å². The number of aromatic nitrogens is 3. The van der Waals surface area contributed by atoms with Crippen LogP contribution in [0.25, 0.3) is 10.9 Å². The van der Waals surface area contributed by atoms with E-state index in [0.29, 0.717) is 23.8 Å². The standard InChI is InChI=1S/C30H35N7O3S/c1-21(38)19-35-14-16-36(17-15-35)24-11-9-23(10-12-24)33-29-32-18-25-28(34-29)37(20-30(25,2)3)41(39,40)26-8-4-6-22-7-5-13-31-27(22)26/h4-13,18,21,38H,14-17,19-20H2,1-3H3,(H,32,33,34)/t21-/m0/s1. The fourth-order valence-electron chi connectivity index (χ4n) is 5.67. The van der Waals surface area contributed by atoms with Crippen molar-refractivity contribution in [2.75, 3.05) is 53.8 Å². The highest BCUT2D eigenvalue weighted by Crippen LogP contribution is 2.42. The maximum absolute atomic E-state index is 14.0. The Labute approximate surface area is 240 Å². The van der Waals surface area contributed by atoms with Crippen molar-refractivity contribution in [3.63, 3.8) is 0 Å². The lowest BCUT2D eigenvalue weighted by Gasteiger charge is -2.36. The van der Waals surface area contributed by atoms with Crippen molar-refractivity contribution in [1.29, 1.82) is 0 Å². The zero-order chi connectivity index (χ0) is 28.8. The topological polar surface area (TPSA) is 115 Å². The van der Waals surface area contributed by atoms with Crippen LogP contribution in [0, 0.1) is 0 Å². The highest BCUT2D eigenvalue weighted by molar-refractivity contribution is 7.93. The van der Waals surface area contributed by atoms with Gasteiger partial charge in [-0.1, -0.05) is 32.0 Å². The number of piperazine rings is 1. The molecule has 41 heavy (non-hydrogen) atoms. The van der Waals surface area contributed by atoms with Crippen molar-refractivity contribution in [3.8, 4) is 0 Å². The van der Waals surface area contributed by atoms with Crippen molar-refractivity contribution in [1.82, 2.24) is 19.9 Å². The molecule has 2 N–H and O–H groups in total. The van der Waals surface area contributed by atoms with Crippen molar-refractivity contribution in [2.45, 2.75) is 37.2 Å². The monoisotopic (exact) mass is 573 g/mol. The van der Waals surface area contributed by atoms with Gasteiger partial charge in [-0.25, -0.2) is 17.7 Å². The quantitative estimate of drug-likeness (QED) is 0.341. The van der Waals surface area contributed by atoms with E-state index < -0.39 is 15.4 Å².